The second-order valence-electron chi connectivity index (χ2n) is 7.16. The van der Waals surface area contributed by atoms with Gasteiger partial charge >= 0.3 is 6.09 Å². The van der Waals surface area contributed by atoms with Crippen LogP contribution in [0.2, 0.25) is 0 Å². The predicted molar refractivity (Wildman–Crippen MR) is 90.7 cm³/mol. The Labute approximate surface area is 147 Å². The molecule has 7 heteroatoms. The van der Waals surface area contributed by atoms with Gasteiger partial charge in [0.2, 0.25) is 6.10 Å². The zero-order valence-corrected chi connectivity index (χ0v) is 14.9. The van der Waals surface area contributed by atoms with E-state index in [0.29, 0.717) is 37.7 Å². The Morgan fingerprint density at radius 2 is 1.64 bits per heavy atom. The zero-order chi connectivity index (χ0) is 18.0. The monoisotopic (exact) mass is 348 g/mol. The third-order valence-electron chi connectivity index (χ3n) is 4.03. The predicted octanol–water partition coefficient (Wildman–Crippen LogP) is 1.91. The van der Waals surface area contributed by atoms with Crippen LogP contribution in [0.25, 0.3) is 0 Å². The van der Waals surface area contributed by atoms with Gasteiger partial charge in [-0.25, -0.2) is 4.79 Å². The molecule has 136 valence electrons. The van der Waals surface area contributed by atoms with Gasteiger partial charge in [-0.1, -0.05) is 12.1 Å². The maximum absolute atomic E-state index is 12.7. The number of carbonyl (C=O) groups excluding carboxylic acids is 2. The first-order chi connectivity index (χ1) is 11.8. The third kappa shape index (κ3) is 4.15. The highest BCUT2D eigenvalue weighted by Gasteiger charge is 2.34. The molecule has 0 spiro atoms. The molecular weight excluding hydrogens is 324 g/mol. The molecule has 0 aliphatic carbocycles. The van der Waals surface area contributed by atoms with E-state index in [1.54, 1.807) is 15.9 Å². The van der Waals surface area contributed by atoms with E-state index in [1.165, 1.54) is 0 Å². The van der Waals surface area contributed by atoms with Gasteiger partial charge in [0.1, 0.15) is 12.2 Å². The summed E-state index contributed by atoms with van der Waals surface area (Å²) >= 11 is 0. The lowest BCUT2D eigenvalue weighted by molar-refractivity contribution is -0.143. The molecule has 1 aromatic carbocycles. The molecule has 3 rings (SSSR count). The number of fused-ring (bicyclic) bond motifs is 1. The first kappa shape index (κ1) is 17.4. The highest BCUT2D eigenvalue weighted by Crippen LogP contribution is 2.31. The van der Waals surface area contributed by atoms with Crippen LogP contribution in [0.1, 0.15) is 20.8 Å². The van der Waals surface area contributed by atoms with Crippen LogP contribution in [-0.2, 0) is 9.53 Å². The second kappa shape index (κ2) is 6.82. The largest absolute Gasteiger partial charge is 0.485 e. The van der Waals surface area contributed by atoms with Crippen LogP contribution in [-0.4, -0.2) is 66.3 Å². The maximum Gasteiger partial charge on any atom is 0.410 e. The number of piperazine rings is 1. The minimum absolute atomic E-state index is 0.113. The number of carbonyl (C=O) groups is 2. The van der Waals surface area contributed by atoms with Crippen molar-refractivity contribution in [1.29, 1.82) is 0 Å². The molecule has 2 aliphatic heterocycles. The molecule has 1 fully saturated rings. The Bertz CT molecular complexity index is 647. The van der Waals surface area contributed by atoms with Crippen molar-refractivity contribution in [2.24, 2.45) is 0 Å². The SMILES string of the molecule is CC(C)(C)OC(=O)N1CCN(C(=O)[C@H]2COc3ccccc3O2)CC1. The standard InChI is InChI=1S/C18H24N2O5/c1-18(2,3)25-17(22)20-10-8-19(9-11-20)16(21)15-12-23-13-6-4-5-7-14(13)24-15/h4-7,15H,8-12H2,1-3H3/t15-/m1/s1. The average Bonchev–Trinajstić information content (AvgIpc) is 2.59. The van der Waals surface area contributed by atoms with Gasteiger partial charge in [0.15, 0.2) is 11.5 Å². The van der Waals surface area contributed by atoms with Crippen LogP contribution in [0.4, 0.5) is 4.79 Å². The first-order valence-electron chi connectivity index (χ1n) is 8.49. The molecule has 0 bridgehead atoms. The molecule has 7 nitrogen and oxygen atoms in total. The second-order valence-corrected chi connectivity index (χ2v) is 7.16. The van der Waals surface area contributed by atoms with Gasteiger partial charge in [0.05, 0.1) is 0 Å². The molecule has 1 aromatic rings. The van der Waals surface area contributed by atoms with Gasteiger partial charge in [-0.2, -0.15) is 0 Å². The van der Waals surface area contributed by atoms with E-state index in [1.807, 2.05) is 39.0 Å². The first-order valence-corrected chi connectivity index (χ1v) is 8.49. The summed E-state index contributed by atoms with van der Waals surface area (Å²) in [6.07, 6.45) is -0.992. The molecule has 25 heavy (non-hydrogen) atoms. The number of para-hydroxylation sites is 2. The van der Waals surface area contributed by atoms with E-state index in [4.69, 9.17) is 14.2 Å². The van der Waals surface area contributed by atoms with E-state index in [2.05, 4.69) is 0 Å². The Morgan fingerprint density at radius 1 is 1.04 bits per heavy atom. The van der Waals surface area contributed by atoms with Crippen LogP contribution in [0.15, 0.2) is 24.3 Å². The van der Waals surface area contributed by atoms with Crippen molar-refractivity contribution < 1.29 is 23.8 Å². The summed E-state index contributed by atoms with van der Waals surface area (Å²) in [4.78, 5) is 28.1. The molecule has 0 aromatic heterocycles. The Hall–Kier alpha value is -2.44. The lowest BCUT2D eigenvalue weighted by Crippen LogP contribution is -2.55. The Balaban J connectivity index is 1.53. The molecule has 0 radical (unpaired) electrons. The minimum atomic E-state index is -0.650. The van der Waals surface area contributed by atoms with Gasteiger partial charge < -0.3 is 24.0 Å². The fraction of sp³-hybridized carbons (Fsp3) is 0.556. The Kier molecular flexibility index (Phi) is 4.74. The fourth-order valence-corrected chi connectivity index (χ4v) is 2.78. The van der Waals surface area contributed by atoms with E-state index >= 15 is 0 Å². The van der Waals surface area contributed by atoms with Crippen LogP contribution < -0.4 is 9.47 Å². The van der Waals surface area contributed by atoms with E-state index < -0.39 is 11.7 Å². The normalized spacial score (nSPS) is 20.2. The van der Waals surface area contributed by atoms with Gasteiger partial charge in [-0.15, -0.1) is 0 Å². The van der Waals surface area contributed by atoms with Crippen molar-refractivity contribution in [2.75, 3.05) is 32.8 Å². The number of amides is 2. The number of benzene rings is 1. The fourth-order valence-electron chi connectivity index (χ4n) is 2.78. The molecule has 1 saturated heterocycles. The van der Waals surface area contributed by atoms with Gasteiger partial charge in [-0.05, 0) is 32.9 Å². The zero-order valence-electron chi connectivity index (χ0n) is 14.9. The molecule has 0 saturated carbocycles. The Morgan fingerprint density at radius 3 is 2.28 bits per heavy atom. The summed E-state index contributed by atoms with van der Waals surface area (Å²) in [5, 5.41) is 0. The molecular formula is C18H24N2O5. The van der Waals surface area contributed by atoms with Crippen molar-refractivity contribution in [3.63, 3.8) is 0 Å². The molecule has 0 unspecified atom stereocenters. The van der Waals surface area contributed by atoms with Gasteiger partial charge in [0, 0.05) is 26.2 Å². The van der Waals surface area contributed by atoms with Gasteiger partial charge in [-0.3, -0.25) is 4.79 Å². The highest BCUT2D eigenvalue weighted by molar-refractivity contribution is 5.82. The smallest absolute Gasteiger partial charge is 0.410 e. The number of nitrogens with zero attached hydrogens (tertiary/aromatic N) is 2. The van der Waals surface area contributed by atoms with Crippen LogP contribution >= 0.6 is 0 Å². The van der Waals surface area contributed by atoms with Gasteiger partial charge in [0.25, 0.3) is 5.91 Å². The number of hydrogen-bond donors (Lipinski definition) is 0. The summed E-state index contributed by atoms with van der Waals surface area (Å²) in [6, 6.07) is 7.31. The van der Waals surface area contributed by atoms with E-state index in [-0.39, 0.29) is 18.6 Å². The molecule has 2 aliphatic rings. The third-order valence-corrected chi connectivity index (χ3v) is 4.03. The number of ether oxygens (including phenoxy) is 3. The molecule has 0 N–H and O–H groups in total. The highest BCUT2D eigenvalue weighted by atomic mass is 16.6. The summed E-state index contributed by atoms with van der Waals surface area (Å²) in [5.74, 6) is 1.12. The lowest BCUT2D eigenvalue weighted by Gasteiger charge is -2.37. The summed E-state index contributed by atoms with van der Waals surface area (Å²) in [6.45, 7) is 7.52. The van der Waals surface area contributed by atoms with Crippen molar-refractivity contribution >= 4 is 12.0 Å². The van der Waals surface area contributed by atoms with Crippen molar-refractivity contribution in [1.82, 2.24) is 9.80 Å². The maximum atomic E-state index is 12.7. The lowest BCUT2D eigenvalue weighted by atomic mass is 10.2. The molecule has 2 amide bonds. The van der Waals surface area contributed by atoms with Crippen LogP contribution in [0.3, 0.4) is 0 Å². The van der Waals surface area contributed by atoms with E-state index in [0.717, 1.165) is 0 Å². The summed E-state index contributed by atoms with van der Waals surface area (Å²) in [5.41, 5.74) is -0.523. The number of hydrogen-bond acceptors (Lipinski definition) is 5. The van der Waals surface area contributed by atoms with Crippen molar-refractivity contribution in [3.8, 4) is 11.5 Å². The molecule has 1 atom stereocenters. The molecule has 2 heterocycles. The van der Waals surface area contributed by atoms with Crippen molar-refractivity contribution in [3.05, 3.63) is 24.3 Å². The average molecular weight is 348 g/mol. The summed E-state index contributed by atoms with van der Waals surface area (Å²) in [7, 11) is 0. The summed E-state index contributed by atoms with van der Waals surface area (Å²) < 4.78 is 16.7. The van der Waals surface area contributed by atoms with E-state index in [9.17, 15) is 9.59 Å². The topological polar surface area (TPSA) is 68.3 Å². The van der Waals surface area contributed by atoms with Crippen molar-refractivity contribution in [2.45, 2.75) is 32.5 Å². The van der Waals surface area contributed by atoms with Crippen LogP contribution in [0, 0.1) is 0 Å². The number of rotatable bonds is 1. The minimum Gasteiger partial charge on any atom is -0.485 e. The van der Waals surface area contributed by atoms with Crippen LogP contribution in [0.5, 0.6) is 11.5 Å². The quantitative estimate of drug-likeness (QED) is 0.775.